The summed E-state index contributed by atoms with van der Waals surface area (Å²) >= 11 is 0. The Bertz CT molecular complexity index is 783. The van der Waals surface area contributed by atoms with Crippen molar-refractivity contribution >= 4 is 34.8 Å². The van der Waals surface area contributed by atoms with Gasteiger partial charge in [0.15, 0.2) is 0 Å². The Hall–Kier alpha value is -3.35. The molecule has 0 heterocycles. The summed E-state index contributed by atoms with van der Waals surface area (Å²) in [7, 11) is 3.82. The minimum atomic E-state index is -0.800. The molecule has 0 aliphatic rings. The van der Waals surface area contributed by atoms with Crippen molar-refractivity contribution in [3.63, 3.8) is 0 Å². The van der Waals surface area contributed by atoms with Crippen LogP contribution in [0, 0.1) is 0 Å². The van der Waals surface area contributed by atoms with E-state index in [1.165, 1.54) is 24.3 Å². The maximum absolute atomic E-state index is 12.0. The quantitative estimate of drug-likeness (QED) is 0.636. The van der Waals surface area contributed by atoms with Gasteiger partial charge in [-0.25, -0.2) is 4.79 Å². The predicted molar refractivity (Wildman–Crippen MR) is 100 cm³/mol. The van der Waals surface area contributed by atoms with Crippen molar-refractivity contribution in [3.05, 3.63) is 54.1 Å². The zero-order valence-electron chi connectivity index (χ0n) is 14.9. The van der Waals surface area contributed by atoms with Gasteiger partial charge in [-0.15, -0.1) is 0 Å². The number of rotatable bonds is 5. The molecule has 0 aliphatic heterocycles. The summed E-state index contributed by atoms with van der Waals surface area (Å²) in [6.45, 7) is 2.01. The zero-order chi connectivity index (χ0) is 19.1. The number of benzene rings is 2. The van der Waals surface area contributed by atoms with Crippen LogP contribution in [0.25, 0.3) is 0 Å². The average molecular weight is 355 g/mol. The molecule has 2 aromatic carbocycles. The summed E-state index contributed by atoms with van der Waals surface area (Å²) in [5, 5.41) is 5.01. The smallest absolute Gasteiger partial charge is 0.338 e. The fraction of sp³-hybridized carbons (Fsp3) is 0.211. The van der Waals surface area contributed by atoms with Crippen molar-refractivity contribution in [2.24, 2.45) is 0 Å². The third kappa shape index (κ3) is 5.07. The lowest BCUT2D eigenvalue weighted by Gasteiger charge is -2.13. The van der Waals surface area contributed by atoms with E-state index in [2.05, 4.69) is 10.6 Å². The predicted octanol–water partition coefficient (Wildman–Crippen LogP) is 2.51. The van der Waals surface area contributed by atoms with Gasteiger partial charge in [-0.1, -0.05) is 0 Å². The number of nitrogens with one attached hydrogen (secondary N) is 2. The number of amides is 2. The largest absolute Gasteiger partial charge is 0.462 e. The normalized spacial score (nSPS) is 9.96. The summed E-state index contributed by atoms with van der Waals surface area (Å²) in [4.78, 5) is 37.5. The Balaban J connectivity index is 1.94. The average Bonchev–Trinajstić information content (AvgIpc) is 2.63. The van der Waals surface area contributed by atoms with Gasteiger partial charge in [0.25, 0.3) is 0 Å². The SMILES string of the molecule is CCOC(=O)c1ccc(NC(=O)C(=O)Nc2ccc(N(C)C)cc2)cc1. The van der Waals surface area contributed by atoms with Crippen molar-refractivity contribution in [2.45, 2.75) is 6.92 Å². The van der Waals surface area contributed by atoms with Gasteiger partial charge in [0.05, 0.1) is 12.2 Å². The summed E-state index contributed by atoms with van der Waals surface area (Å²) in [6, 6.07) is 13.2. The van der Waals surface area contributed by atoms with Crippen LogP contribution in [-0.2, 0) is 14.3 Å². The van der Waals surface area contributed by atoms with E-state index < -0.39 is 17.8 Å². The van der Waals surface area contributed by atoms with Crippen LogP contribution >= 0.6 is 0 Å². The van der Waals surface area contributed by atoms with E-state index in [1.807, 2.05) is 31.1 Å². The van der Waals surface area contributed by atoms with Crippen LogP contribution in [0.3, 0.4) is 0 Å². The van der Waals surface area contributed by atoms with E-state index in [0.717, 1.165) is 5.69 Å². The summed E-state index contributed by atoms with van der Waals surface area (Å²) in [5.74, 6) is -2.02. The number of esters is 1. The molecule has 2 rings (SSSR count). The lowest BCUT2D eigenvalue weighted by Crippen LogP contribution is -2.29. The highest BCUT2D eigenvalue weighted by Crippen LogP contribution is 2.16. The first-order chi connectivity index (χ1) is 12.4. The zero-order valence-corrected chi connectivity index (χ0v) is 14.9. The number of anilines is 3. The molecule has 0 fully saturated rings. The van der Waals surface area contributed by atoms with Gasteiger partial charge in [0.2, 0.25) is 0 Å². The van der Waals surface area contributed by atoms with Crippen LogP contribution in [-0.4, -0.2) is 38.5 Å². The highest BCUT2D eigenvalue weighted by Gasteiger charge is 2.14. The molecule has 7 heteroatoms. The third-order valence-corrected chi connectivity index (χ3v) is 3.50. The molecule has 0 unspecified atom stereocenters. The molecular formula is C19H21N3O4. The highest BCUT2D eigenvalue weighted by molar-refractivity contribution is 6.43. The topological polar surface area (TPSA) is 87.7 Å². The molecule has 2 N–H and O–H groups in total. The van der Waals surface area contributed by atoms with Crippen LogP contribution in [0.4, 0.5) is 17.1 Å². The lowest BCUT2D eigenvalue weighted by atomic mass is 10.2. The van der Waals surface area contributed by atoms with Crippen molar-refractivity contribution < 1.29 is 19.1 Å². The molecule has 2 amide bonds. The summed E-state index contributed by atoms with van der Waals surface area (Å²) in [6.07, 6.45) is 0. The van der Waals surface area contributed by atoms with Crippen molar-refractivity contribution in [1.29, 1.82) is 0 Å². The molecule has 0 aromatic heterocycles. The second-order valence-electron chi connectivity index (χ2n) is 5.65. The Morgan fingerprint density at radius 1 is 0.846 bits per heavy atom. The Morgan fingerprint density at radius 2 is 1.31 bits per heavy atom. The molecule has 0 radical (unpaired) electrons. The first kappa shape index (κ1) is 19.0. The number of hydrogen-bond donors (Lipinski definition) is 2. The molecular weight excluding hydrogens is 334 g/mol. The number of carbonyl (C=O) groups is 3. The second kappa shape index (κ2) is 8.66. The van der Waals surface area contributed by atoms with E-state index in [1.54, 1.807) is 19.1 Å². The van der Waals surface area contributed by atoms with Crippen molar-refractivity contribution in [2.75, 3.05) is 36.2 Å². The molecule has 136 valence electrons. The molecule has 0 saturated carbocycles. The number of nitrogens with zero attached hydrogens (tertiary/aromatic N) is 1. The maximum Gasteiger partial charge on any atom is 0.338 e. The lowest BCUT2D eigenvalue weighted by molar-refractivity contribution is -0.132. The molecule has 0 atom stereocenters. The van der Waals surface area contributed by atoms with E-state index in [0.29, 0.717) is 16.9 Å². The molecule has 0 bridgehead atoms. The van der Waals surface area contributed by atoms with E-state index in [9.17, 15) is 14.4 Å². The maximum atomic E-state index is 12.0. The number of carbonyl (C=O) groups excluding carboxylic acids is 3. The number of hydrogen-bond acceptors (Lipinski definition) is 5. The van der Waals surface area contributed by atoms with Crippen LogP contribution in [0.2, 0.25) is 0 Å². The molecule has 0 spiro atoms. The van der Waals surface area contributed by atoms with E-state index >= 15 is 0 Å². The Morgan fingerprint density at radius 3 is 1.73 bits per heavy atom. The third-order valence-electron chi connectivity index (χ3n) is 3.50. The van der Waals surface area contributed by atoms with Gasteiger partial charge >= 0.3 is 17.8 Å². The summed E-state index contributed by atoms with van der Waals surface area (Å²) in [5.41, 5.74) is 2.28. The van der Waals surface area contributed by atoms with Crippen LogP contribution < -0.4 is 15.5 Å². The van der Waals surface area contributed by atoms with Crippen molar-refractivity contribution in [3.8, 4) is 0 Å². The first-order valence-corrected chi connectivity index (χ1v) is 8.07. The van der Waals surface area contributed by atoms with Gasteiger partial charge in [-0.3, -0.25) is 9.59 Å². The Labute approximate surface area is 152 Å². The monoisotopic (exact) mass is 355 g/mol. The standard InChI is InChI=1S/C19H21N3O4/c1-4-26-19(25)13-5-7-14(8-6-13)20-17(23)18(24)21-15-9-11-16(12-10-15)22(2)3/h5-12H,4H2,1-3H3,(H,20,23)(H,21,24). The fourth-order valence-electron chi connectivity index (χ4n) is 2.12. The van der Waals surface area contributed by atoms with Crippen molar-refractivity contribution in [1.82, 2.24) is 0 Å². The second-order valence-corrected chi connectivity index (χ2v) is 5.65. The van der Waals surface area contributed by atoms with Gasteiger partial charge in [0.1, 0.15) is 0 Å². The van der Waals surface area contributed by atoms with Crippen LogP contribution in [0.1, 0.15) is 17.3 Å². The molecule has 7 nitrogen and oxygen atoms in total. The van der Waals surface area contributed by atoms with Gasteiger partial charge in [-0.2, -0.15) is 0 Å². The summed E-state index contributed by atoms with van der Waals surface area (Å²) < 4.78 is 4.88. The molecule has 2 aromatic rings. The Kier molecular flexibility index (Phi) is 6.32. The van der Waals surface area contributed by atoms with Crippen LogP contribution in [0.15, 0.2) is 48.5 Å². The number of ether oxygens (including phenoxy) is 1. The molecule has 0 saturated heterocycles. The van der Waals surface area contributed by atoms with Gasteiger partial charge in [-0.05, 0) is 55.5 Å². The van der Waals surface area contributed by atoms with Gasteiger partial charge in [0, 0.05) is 31.2 Å². The van der Waals surface area contributed by atoms with E-state index in [-0.39, 0.29) is 6.61 Å². The van der Waals surface area contributed by atoms with Crippen LogP contribution in [0.5, 0.6) is 0 Å². The highest BCUT2D eigenvalue weighted by atomic mass is 16.5. The molecule has 26 heavy (non-hydrogen) atoms. The molecule has 0 aliphatic carbocycles. The fourth-order valence-corrected chi connectivity index (χ4v) is 2.12. The van der Waals surface area contributed by atoms with Gasteiger partial charge < -0.3 is 20.3 Å². The minimum Gasteiger partial charge on any atom is -0.462 e. The minimum absolute atomic E-state index is 0.285. The van der Waals surface area contributed by atoms with E-state index in [4.69, 9.17) is 4.74 Å². The first-order valence-electron chi connectivity index (χ1n) is 8.07.